The van der Waals surface area contributed by atoms with Crippen LogP contribution < -0.4 is 14.4 Å². The number of carbonyl (C=O) groups excluding carboxylic acids is 1. The van der Waals surface area contributed by atoms with E-state index in [0.717, 1.165) is 28.1 Å². The normalized spacial score (nSPS) is 14.9. The highest BCUT2D eigenvalue weighted by atomic mass is 32.2. The summed E-state index contributed by atoms with van der Waals surface area (Å²) in [5.41, 5.74) is 4.95. The Morgan fingerprint density at radius 3 is 2.44 bits per heavy atom. The fraction of sp³-hybridized carbons (Fsp3) is 0.154. The molecule has 34 heavy (non-hydrogen) atoms. The summed E-state index contributed by atoms with van der Waals surface area (Å²) >= 11 is 6.81. The maximum absolute atomic E-state index is 13.3. The van der Waals surface area contributed by atoms with E-state index < -0.39 is 0 Å². The third-order valence-corrected chi connectivity index (χ3v) is 6.63. The first-order valence-electron chi connectivity index (χ1n) is 10.5. The molecule has 0 atom stereocenters. The van der Waals surface area contributed by atoms with Crippen LogP contribution in [0.3, 0.4) is 0 Å². The van der Waals surface area contributed by atoms with Gasteiger partial charge < -0.3 is 9.47 Å². The summed E-state index contributed by atoms with van der Waals surface area (Å²) in [6, 6.07) is 18.8. The van der Waals surface area contributed by atoms with Gasteiger partial charge in [-0.2, -0.15) is 10.2 Å². The summed E-state index contributed by atoms with van der Waals surface area (Å²) in [6.45, 7) is 3.92. The van der Waals surface area contributed by atoms with Gasteiger partial charge in [0.1, 0.15) is 11.5 Å². The van der Waals surface area contributed by atoms with E-state index >= 15 is 0 Å². The molecule has 0 unspecified atom stereocenters. The van der Waals surface area contributed by atoms with Crippen molar-refractivity contribution in [2.24, 2.45) is 10.2 Å². The molecular formula is C26H23N3O3S2. The maximum atomic E-state index is 13.3. The zero-order valence-corrected chi connectivity index (χ0v) is 20.9. The number of hydrogen-bond acceptors (Lipinski definition) is 7. The zero-order chi connectivity index (χ0) is 24.2. The van der Waals surface area contributed by atoms with Gasteiger partial charge >= 0.3 is 0 Å². The number of benzene rings is 3. The van der Waals surface area contributed by atoms with E-state index in [2.05, 4.69) is 10.2 Å². The molecule has 0 N–H and O–H groups in total. The van der Waals surface area contributed by atoms with E-state index in [1.807, 2.05) is 68.4 Å². The molecule has 4 rings (SSSR count). The number of rotatable bonds is 6. The molecule has 0 spiro atoms. The molecule has 1 aliphatic heterocycles. The van der Waals surface area contributed by atoms with Gasteiger partial charge in [0.25, 0.3) is 5.91 Å². The van der Waals surface area contributed by atoms with E-state index in [-0.39, 0.29) is 5.91 Å². The predicted octanol–water partition coefficient (Wildman–Crippen LogP) is 7.14. The third-order valence-electron chi connectivity index (χ3n) is 5.33. The minimum atomic E-state index is -0.176. The number of carbonyl (C=O) groups is 1. The number of amides is 1. The highest BCUT2D eigenvalue weighted by Gasteiger charge is 2.34. The van der Waals surface area contributed by atoms with Crippen molar-refractivity contribution in [3.8, 4) is 11.5 Å². The molecule has 0 aromatic heterocycles. The first kappa shape index (κ1) is 23.7. The monoisotopic (exact) mass is 489 g/mol. The largest absolute Gasteiger partial charge is 0.497 e. The van der Waals surface area contributed by atoms with Gasteiger partial charge in [0.05, 0.1) is 36.2 Å². The molecule has 3 aromatic rings. The molecule has 172 valence electrons. The van der Waals surface area contributed by atoms with Crippen molar-refractivity contribution >= 4 is 57.3 Å². The van der Waals surface area contributed by atoms with Crippen molar-refractivity contribution in [1.82, 2.24) is 0 Å². The van der Waals surface area contributed by atoms with Crippen LogP contribution in [0.5, 0.6) is 11.5 Å². The molecule has 1 saturated heterocycles. The fourth-order valence-corrected chi connectivity index (χ4v) is 4.77. The number of aryl methyl sites for hydroxylation is 2. The molecule has 1 heterocycles. The Morgan fingerprint density at radius 2 is 1.74 bits per heavy atom. The highest BCUT2D eigenvalue weighted by molar-refractivity contribution is 8.27. The van der Waals surface area contributed by atoms with Crippen molar-refractivity contribution in [3.63, 3.8) is 0 Å². The van der Waals surface area contributed by atoms with Gasteiger partial charge in [-0.3, -0.25) is 9.69 Å². The Balaban J connectivity index is 1.59. The van der Waals surface area contributed by atoms with E-state index in [9.17, 15) is 4.79 Å². The summed E-state index contributed by atoms with van der Waals surface area (Å²) in [6.07, 6.45) is 1.79. The molecule has 6 nitrogen and oxygen atoms in total. The highest BCUT2D eigenvalue weighted by Crippen LogP contribution is 2.39. The quantitative estimate of drug-likeness (QED) is 0.209. The van der Waals surface area contributed by atoms with Crippen LogP contribution >= 0.6 is 24.0 Å². The lowest BCUT2D eigenvalue weighted by molar-refractivity contribution is -0.113. The van der Waals surface area contributed by atoms with Crippen LogP contribution in [0.4, 0.5) is 17.1 Å². The van der Waals surface area contributed by atoms with Crippen molar-refractivity contribution in [2.75, 3.05) is 19.1 Å². The zero-order valence-electron chi connectivity index (χ0n) is 19.2. The number of thioether (sulfide) groups is 1. The van der Waals surface area contributed by atoms with E-state index in [1.54, 1.807) is 31.3 Å². The number of anilines is 1. The topological polar surface area (TPSA) is 63.5 Å². The van der Waals surface area contributed by atoms with Crippen molar-refractivity contribution in [2.45, 2.75) is 13.8 Å². The summed E-state index contributed by atoms with van der Waals surface area (Å²) in [5.74, 6) is 1.12. The summed E-state index contributed by atoms with van der Waals surface area (Å²) in [5, 5.41) is 8.70. The Kier molecular flexibility index (Phi) is 7.09. The van der Waals surface area contributed by atoms with Gasteiger partial charge in [-0.15, -0.1) is 0 Å². The van der Waals surface area contributed by atoms with Crippen molar-refractivity contribution in [1.29, 1.82) is 0 Å². The minimum Gasteiger partial charge on any atom is -0.497 e. The SMILES string of the molecule is COc1ccc(/C=C2\SC(=S)N(c3ccc(N=Nc4ccccc4C)cc3C)C2=O)c(OC)c1. The molecular weight excluding hydrogens is 466 g/mol. The number of ether oxygens (including phenoxy) is 2. The minimum absolute atomic E-state index is 0.176. The summed E-state index contributed by atoms with van der Waals surface area (Å²) < 4.78 is 11.2. The molecule has 1 amide bonds. The standard InChI is InChI=1S/C26H23N3O3S2/c1-16-7-5-6-8-21(16)28-27-19-10-12-22(17(2)13-19)29-25(30)24(34-26(29)33)14-18-9-11-20(31-3)15-23(18)32-4/h5-15H,1-4H3/b24-14-,28-27?. The maximum Gasteiger partial charge on any atom is 0.270 e. The number of methoxy groups -OCH3 is 2. The van der Waals surface area contributed by atoms with Crippen LogP contribution in [-0.2, 0) is 4.79 Å². The Labute approximate surface area is 208 Å². The molecule has 0 saturated carbocycles. The first-order valence-corrected chi connectivity index (χ1v) is 11.7. The number of nitrogens with zero attached hydrogens (tertiary/aromatic N) is 3. The Bertz CT molecular complexity index is 1330. The Morgan fingerprint density at radius 1 is 0.941 bits per heavy atom. The van der Waals surface area contributed by atoms with Gasteiger partial charge in [0.2, 0.25) is 0 Å². The molecule has 0 radical (unpaired) electrons. The fourth-order valence-electron chi connectivity index (χ4n) is 3.49. The lowest BCUT2D eigenvalue weighted by Crippen LogP contribution is -2.28. The van der Waals surface area contributed by atoms with E-state index in [1.165, 1.54) is 11.8 Å². The van der Waals surface area contributed by atoms with Crippen LogP contribution in [0.1, 0.15) is 16.7 Å². The summed E-state index contributed by atoms with van der Waals surface area (Å²) in [4.78, 5) is 15.3. The smallest absolute Gasteiger partial charge is 0.270 e. The third kappa shape index (κ3) is 4.88. The average Bonchev–Trinajstić information content (AvgIpc) is 3.11. The summed E-state index contributed by atoms with van der Waals surface area (Å²) in [7, 11) is 3.18. The van der Waals surface area contributed by atoms with Crippen LogP contribution in [-0.4, -0.2) is 24.4 Å². The number of hydrogen-bond donors (Lipinski definition) is 0. The molecule has 0 aliphatic carbocycles. The lowest BCUT2D eigenvalue weighted by Gasteiger charge is -2.17. The van der Waals surface area contributed by atoms with Gasteiger partial charge in [-0.1, -0.05) is 42.2 Å². The second-order valence-electron chi connectivity index (χ2n) is 7.58. The number of azo groups is 1. The van der Waals surface area contributed by atoms with E-state index in [0.29, 0.717) is 26.4 Å². The molecule has 0 bridgehead atoms. The second-order valence-corrected chi connectivity index (χ2v) is 9.26. The second kappa shape index (κ2) is 10.2. The van der Waals surface area contributed by atoms with Crippen LogP contribution in [0.2, 0.25) is 0 Å². The molecule has 1 fully saturated rings. The van der Waals surface area contributed by atoms with Gasteiger partial charge in [0, 0.05) is 11.6 Å². The number of thiocarbonyl (C=S) groups is 1. The van der Waals surface area contributed by atoms with Gasteiger partial charge in [-0.25, -0.2) is 0 Å². The first-order chi connectivity index (χ1) is 16.4. The Hall–Kier alpha value is -3.49. The molecule has 3 aromatic carbocycles. The average molecular weight is 490 g/mol. The van der Waals surface area contributed by atoms with E-state index in [4.69, 9.17) is 21.7 Å². The predicted molar refractivity (Wildman–Crippen MR) is 142 cm³/mol. The lowest BCUT2D eigenvalue weighted by atomic mass is 10.1. The van der Waals surface area contributed by atoms with Crippen LogP contribution in [0.25, 0.3) is 6.08 Å². The van der Waals surface area contributed by atoms with Crippen molar-refractivity contribution < 1.29 is 14.3 Å². The molecule has 8 heteroatoms. The van der Waals surface area contributed by atoms with Crippen LogP contribution in [0, 0.1) is 13.8 Å². The molecule has 1 aliphatic rings. The van der Waals surface area contributed by atoms with Gasteiger partial charge in [-0.05, 0) is 67.4 Å². The van der Waals surface area contributed by atoms with Gasteiger partial charge in [0.15, 0.2) is 4.32 Å². The van der Waals surface area contributed by atoms with Crippen molar-refractivity contribution in [3.05, 3.63) is 82.3 Å². The van der Waals surface area contributed by atoms with Crippen LogP contribution in [0.15, 0.2) is 75.8 Å².